The zero-order valence-electron chi connectivity index (χ0n) is 10.7. The minimum atomic E-state index is -0.282. The number of carbonyl (C=O) groups excluding carboxylic acids is 1. The van der Waals surface area contributed by atoms with Gasteiger partial charge in [0.2, 0.25) is 0 Å². The summed E-state index contributed by atoms with van der Waals surface area (Å²) in [5, 5.41) is 8.26. The summed E-state index contributed by atoms with van der Waals surface area (Å²) in [6.45, 7) is 4.17. The van der Waals surface area contributed by atoms with Crippen LogP contribution in [-0.4, -0.2) is 41.2 Å². The van der Waals surface area contributed by atoms with Crippen LogP contribution in [0.4, 0.5) is 0 Å². The molecule has 1 N–H and O–H groups in total. The average Bonchev–Trinajstić information content (AvgIpc) is 2.59. The molecule has 0 aliphatic carbocycles. The number of nitrogens with zero attached hydrogens (tertiary/aromatic N) is 2. The third-order valence-electron chi connectivity index (χ3n) is 2.28. The molecule has 0 aliphatic heterocycles. The maximum atomic E-state index is 11.6. The van der Waals surface area contributed by atoms with Gasteiger partial charge in [0.25, 0.3) is 0 Å². The molecule has 1 unspecified atom stereocenters. The standard InChI is InChI=1S/C11H19N3O2S/c1-5-16-11(15)9(12-3)7-17-10-6-8(2)13-14(10)4/h6,9,12H,5,7H2,1-4H3. The van der Waals surface area contributed by atoms with Crippen LogP contribution in [0.1, 0.15) is 12.6 Å². The van der Waals surface area contributed by atoms with Crippen LogP contribution < -0.4 is 5.32 Å². The number of aromatic nitrogens is 2. The molecule has 0 saturated heterocycles. The maximum absolute atomic E-state index is 11.6. The van der Waals surface area contributed by atoms with Gasteiger partial charge in [0, 0.05) is 12.8 Å². The number of hydrogen-bond acceptors (Lipinski definition) is 5. The second-order valence-electron chi connectivity index (χ2n) is 3.65. The van der Waals surface area contributed by atoms with Crippen molar-refractivity contribution in [1.82, 2.24) is 15.1 Å². The van der Waals surface area contributed by atoms with Crippen LogP contribution in [-0.2, 0) is 16.6 Å². The van der Waals surface area contributed by atoms with Gasteiger partial charge in [-0.2, -0.15) is 5.10 Å². The van der Waals surface area contributed by atoms with E-state index in [1.165, 1.54) is 0 Å². The molecule has 0 radical (unpaired) electrons. The number of aryl methyl sites for hydroxylation is 2. The SMILES string of the molecule is CCOC(=O)C(CSc1cc(C)nn1C)NC. The predicted molar refractivity (Wildman–Crippen MR) is 68.1 cm³/mol. The highest BCUT2D eigenvalue weighted by Crippen LogP contribution is 2.19. The summed E-state index contributed by atoms with van der Waals surface area (Å²) in [6, 6.07) is 1.72. The van der Waals surface area contributed by atoms with Crippen molar-refractivity contribution in [3.05, 3.63) is 11.8 Å². The molecular weight excluding hydrogens is 238 g/mol. The van der Waals surface area contributed by atoms with Gasteiger partial charge in [0.1, 0.15) is 6.04 Å². The van der Waals surface area contributed by atoms with Gasteiger partial charge in [-0.25, -0.2) is 0 Å². The highest BCUT2D eigenvalue weighted by molar-refractivity contribution is 7.99. The Morgan fingerprint density at radius 3 is 2.88 bits per heavy atom. The van der Waals surface area contributed by atoms with Crippen molar-refractivity contribution in [3.8, 4) is 0 Å². The Labute approximate surface area is 106 Å². The molecule has 0 aromatic carbocycles. The van der Waals surface area contributed by atoms with Crippen molar-refractivity contribution in [1.29, 1.82) is 0 Å². The molecule has 5 nitrogen and oxygen atoms in total. The molecule has 0 spiro atoms. The van der Waals surface area contributed by atoms with Crippen molar-refractivity contribution < 1.29 is 9.53 Å². The lowest BCUT2D eigenvalue weighted by molar-refractivity contribution is -0.144. The Morgan fingerprint density at radius 2 is 2.41 bits per heavy atom. The predicted octanol–water partition coefficient (Wildman–Crippen LogP) is 0.972. The minimum absolute atomic E-state index is 0.207. The van der Waals surface area contributed by atoms with Crippen LogP contribution in [0.5, 0.6) is 0 Å². The normalized spacial score (nSPS) is 12.5. The highest BCUT2D eigenvalue weighted by Gasteiger charge is 2.18. The summed E-state index contributed by atoms with van der Waals surface area (Å²) in [5.41, 5.74) is 0.979. The first-order valence-electron chi connectivity index (χ1n) is 5.55. The largest absolute Gasteiger partial charge is 0.465 e. The number of rotatable bonds is 6. The van der Waals surface area contributed by atoms with E-state index >= 15 is 0 Å². The van der Waals surface area contributed by atoms with Gasteiger partial charge < -0.3 is 10.1 Å². The van der Waals surface area contributed by atoms with E-state index in [9.17, 15) is 4.79 Å². The third kappa shape index (κ3) is 4.05. The van der Waals surface area contributed by atoms with Crippen molar-refractivity contribution in [3.63, 3.8) is 0 Å². The number of nitrogens with one attached hydrogen (secondary N) is 1. The van der Waals surface area contributed by atoms with Gasteiger partial charge >= 0.3 is 5.97 Å². The van der Waals surface area contributed by atoms with Crippen molar-refractivity contribution in [2.24, 2.45) is 7.05 Å². The summed E-state index contributed by atoms with van der Waals surface area (Å²) in [4.78, 5) is 11.6. The molecule has 0 aliphatic rings. The van der Waals surface area contributed by atoms with Crippen LogP contribution in [0.15, 0.2) is 11.1 Å². The molecule has 0 fully saturated rings. The molecule has 0 saturated carbocycles. The lowest BCUT2D eigenvalue weighted by Gasteiger charge is -2.13. The van der Waals surface area contributed by atoms with Gasteiger partial charge in [-0.15, -0.1) is 11.8 Å². The molecule has 96 valence electrons. The number of carbonyl (C=O) groups is 1. The molecule has 0 amide bonds. The molecule has 1 aromatic rings. The molecule has 6 heteroatoms. The number of ether oxygens (including phenoxy) is 1. The van der Waals surface area contributed by atoms with Crippen LogP contribution >= 0.6 is 11.8 Å². The Morgan fingerprint density at radius 1 is 1.71 bits per heavy atom. The fraction of sp³-hybridized carbons (Fsp3) is 0.636. The van der Waals surface area contributed by atoms with Crippen molar-refractivity contribution in [2.45, 2.75) is 24.9 Å². The molecule has 17 heavy (non-hydrogen) atoms. The van der Waals surface area contributed by atoms with Crippen LogP contribution in [0.25, 0.3) is 0 Å². The van der Waals surface area contributed by atoms with Gasteiger partial charge in [0.05, 0.1) is 17.3 Å². The molecule has 0 bridgehead atoms. The second-order valence-corrected chi connectivity index (χ2v) is 4.69. The zero-order chi connectivity index (χ0) is 12.8. The second kappa shape index (κ2) is 6.66. The van der Waals surface area contributed by atoms with E-state index in [1.54, 1.807) is 18.8 Å². The van der Waals surface area contributed by atoms with Gasteiger partial charge in [0.15, 0.2) is 0 Å². The Bertz CT molecular complexity index is 379. The first-order chi connectivity index (χ1) is 8.08. The topological polar surface area (TPSA) is 56.1 Å². The number of likely N-dealkylation sites (N-methyl/N-ethyl adjacent to an activating group) is 1. The molecule has 1 rings (SSSR count). The molecule has 1 heterocycles. The first-order valence-corrected chi connectivity index (χ1v) is 6.54. The lowest BCUT2D eigenvalue weighted by Crippen LogP contribution is -2.37. The fourth-order valence-corrected chi connectivity index (χ4v) is 2.52. The Balaban J connectivity index is 2.53. The number of hydrogen-bond donors (Lipinski definition) is 1. The summed E-state index contributed by atoms with van der Waals surface area (Å²) >= 11 is 1.59. The molecular formula is C11H19N3O2S. The first kappa shape index (κ1) is 14.1. The van der Waals surface area contributed by atoms with Crippen LogP contribution in [0, 0.1) is 6.92 Å². The summed E-state index contributed by atoms with van der Waals surface area (Å²) in [7, 11) is 3.66. The van der Waals surface area contributed by atoms with E-state index < -0.39 is 0 Å². The smallest absolute Gasteiger partial charge is 0.323 e. The van der Waals surface area contributed by atoms with Crippen LogP contribution in [0.3, 0.4) is 0 Å². The average molecular weight is 257 g/mol. The zero-order valence-corrected chi connectivity index (χ0v) is 11.5. The maximum Gasteiger partial charge on any atom is 0.323 e. The summed E-state index contributed by atoms with van der Waals surface area (Å²) in [5.74, 6) is 0.426. The third-order valence-corrected chi connectivity index (χ3v) is 3.45. The van der Waals surface area contributed by atoms with Gasteiger partial charge in [-0.1, -0.05) is 0 Å². The summed E-state index contributed by atoms with van der Waals surface area (Å²) in [6.07, 6.45) is 0. The number of esters is 1. The Kier molecular flexibility index (Phi) is 5.50. The molecule has 1 aromatic heterocycles. The Hall–Kier alpha value is -1.01. The quantitative estimate of drug-likeness (QED) is 0.608. The number of thioether (sulfide) groups is 1. The van der Waals surface area contributed by atoms with Crippen molar-refractivity contribution in [2.75, 3.05) is 19.4 Å². The van der Waals surface area contributed by atoms with E-state index in [4.69, 9.17) is 4.74 Å². The van der Waals surface area contributed by atoms with E-state index in [-0.39, 0.29) is 12.0 Å². The van der Waals surface area contributed by atoms with Crippen molar-refractivity contribution >= 4 is 17.7 Å². The lowest BCUT2D eigenvalue weighted by atomic mass is 10.3. The van der Waals surface area contributed by atoms with Gasteiger partial charge in [-0.05, 0) is 27.0 Å². The van der Waals surface area contributed by atoms with Crippen LogP contribution in [0.2, 0.25) is 0 Å². The highest BCUT2D eigenvalue weighted by atomic mass is 32.2. The minimum Gasteiger partial charge on any atom is -0.465 e. The van der Waals surface area contributed by atoms with E-state index in [0.29, 0.717) is 12.4 Å². The van der Waals surface area contributed by atoms with E-state index in [0.717, 1.165) is 10.7 Å². The summed E-state index contributed by atoms with van der Waals surface area (Å²) < 4.78 is 6.80. The fourth-order valence-electron chi connectivity index (χ4n) is 1.40. The monoisotopic (exact) mass is 257 g/mol. The van der Waals surface area contributed by atoms with Gasteiger partial charge in [-0.3, -0.25) is 9.48 Å². The van der Waals surface area contributed by atoms with E-state index in [1.807, 2.05) is 31.6 Å². The molecule has 1 atom stereocenters. The van der Waals surface area contributed by atoms with E-state index in [2.05, 4.69) is 10.4 Å².